The molecule has 8 heteroatoms. The van der Waals surface area contributed by atoms with E-state index in [1.165, 1.54) is 0 Å². The molecule has 0 unspecified atom stereocenters. The van der Waals surface area contributed by atoms with Crippen molar-refractivity contribution in [2.45, 2.75) is 76.7 Å². The zero-order chi connectivity index (χ0) is 26.6. The number of esters is 1. The van der Waals surface area contributed by atoms with Crippen LogP contribution in [0.1, 0.15) is 74.1 Å². The Morgan fingerprint density at radius 2 is 1.82 bits per heavy atom. The van der Waals surface area contributed by atoms with Crippen molar-refractivity contribution >= 4 is 34.9 Å². The van der Waals surface area contributed by atoms with Gasteiger partial charge in [-0.25, -0.2) is 4.79 Å². The summed E-state index contributed by atoms with van der Waals surface area (Å²) in [5, 5.41) is 5.49. The summed E-state index contributed by atoms with van der Waals surface area (Å²) in [7, 11) is 0. The Morgan fingerprint density at radius 1 is 1.08 bits per heavy atom. The Labute approximate surface area is 233 Å². The van der Waals surface area contributed by atoms with E-state index in [1.807, 2.05) is 63.2 Å². The number of fused-ring (bicyclic) bond motifs is 2. The molecule has 3 atom stereocenters. The van der Waals surface area contributed by atoms with Crippen LogP contribution >= 0.6 is 23.2 Å². The molecule has 2 aliphatic carbocycles. The van der Waals surface area contributed by atoms with E-state index in [2.05, 4.69) is 10.1 Å². The van der Waals surface area contributed by atoms with Gasteiger partial charge in [0.2, 0.25) is 0 Å². The van der Waals surface area contributed by atoms with Gasteiger partial charge in [0, 0.05) is 35.5 Å². The predicted molar refractivity (Wildman–Crippen MR) is 148 cm³/mol. The molecule has 2 heterocycles. The first-order valence-electron chi connectivity index (χ1n) is 13.3. The zero-order valence-corrected chi connectivity index (χ0v) is 23.4. The number of benzene rings is 2. The second-order valence-electron chi connectivity index (χ2n) is 11.7. The van der Waals surface area contributed by atoms with Crippen LogP contribution in [0, 0.1) is 5.92 Å². The van der Waals surface area contributed by atoms with Crippen LogP contribution in [0.2, 0.25) is 10.0 Å². The first-order chi connectivity index (χ1) is 18.2. The minimum atomic E-state index is -0.540. The van der Waals surface area contributed by atoms with Crippen molar-refractivity contribution in [3.05, 3.63) is 69.4 Å². The lowest BCUT2D eigenvalue weighted by atomic mass is 10.0. The number of hydrogen-bond donors (Lipinski definition) is 0. The van der Waals surface area contributed by atoms with Crippen LogP contribution in [0.4, 0.5) is 5.69 Å². The number of nitrogens with zero attached hydrogens (tertiary/aromatic N) is 2. The number of piperidine rings is 1. The fourth-order valence-corrected chi connectivity index (χ4v) is 6.45. The summed E-state index contributed by atoms with van der Waals surface area (Å²) in [5.74, 6) is 1.38. The molecular weight excluding hydrogens is 523 g/mol. The van der Waals surface area contributed by atoms with Crippen molar-refractivity contribution < 1.29 is 18.8 Å². The third-order valence-electron chi connectivity index (χ3n) is 7.72. The summed E-state index contributed by atoms with van der Waals surface area (Å²) >= 11 is 13.0. The van der Waals surface area contributed by atoms with Gasteiger partial charge >= 0.3 is 5.97 Å². The molecule has 0 radical (unpaired) electrons. The lowest BCUT2D eigenvalue weighted by Crippen LogP contribution is -2.39. The van der Waals surface area contributed by atoms with E-state index < -0.39 is 5.60 Å². The average molecular weight is 556 g/mol. The van der Waals surface area contributed by atoms with Crippen LogP contribution < -0.4 is 4.90 Å². The van der Waals surface area contributed by atoms with Gasteiger partial charge in [0.1, 0.15) is 17.1 Å². The Balaban J connectivity index is 1.18. The van der Waals surface area contributed by atoms with E-state index in [4.69, 9.17) is 37.2 Å². The molecule has 6 nitrogen and oxygen atoms in total. The van der Waals surface area contributed by atoms with Crippen LogP contribution in [-0.4, -0.2) is 35.4 Å². The molecule has 0 spiro atoms. The van der Waals surface area contributed by atoms with Gasteiger partial charge in [-0.15, -0.1) is 0 Å². The van der Waals surface area contributed by atoms with Crippen LogP contribution in [0.3, 0.4) is 0 Å². The maximum Gasteiger partial charge on any atom is 0.340 e. The van der Waals surface area contributed by atoms with Gasteiger partial charge < -0.3 is 18.9 Å². The fourth-order valence-electron chi connectivity index (χ4n) is 5.87. The van der Waals surface area contributed by atoms with Gasteiger partial charge in [-0.3, -0.25) is 0 Å². The van der Waals surface area contributed by atoms with Crippen LogP contribution in [-0.2, 0) is 16.1 Å². The van der Waals surface area contributed by atoms with Crippen LogP contribution in [0.25, 0.3) is 11.3 Å². The summed E-state index contributed by atoms with van der Waals surface area (Å²) in [5.41, 5.74) is 3.35. The highest BCUT2D eigenvalue weighted by atomic mass is 35.5. The molecule has 3 fully saturated rings. The molecule has 2 bridgehead atoms. The summed E-state index contributed by atoms with van der Waals surface area (Å²) in [6.07, 6.45) is 4.26. The number of carbonyl (C=O) groups excluding carboxylic acids is 1. The molecule has 1 saturated heterocycles. The maximum absolute atomic E-state index is 12.9. The smallest absolute Gasteiger partial charge is 0.340 e. The number of hydrogen-bond acceptors (Lipinski definition) is 6. The second kappa shape index (κ2) is 9.89. The number of carbonyl (C=O) groups is 1. The molecule has 3 aliphatic rings. The molecule has 200 valence electrons. The van der Waals surface area contributed by atoms with Gasteiger partial charge in [0.25, 0.3) is 0 Å². The topological polar surface area (TPSA) is 64.8 Å². The lowest BCUT2D eigenvalue weighted by Gasteiger charge is -2.34. The number of rotatable bonds is 7. The molecule has 38 heavy (non-hydrogen) atoms. The van der Waals surface area contributed by atoms with Crippen molar-refractivity contribution in [2.24, 2.45) is 5.92 Å². The SMILES string of the molecule is CC(C)(C)OC(=O)c1ccccc1N1C[C@@H]2C[C@H]1C[C@H]2OCc1c(-c2c(Cl)cccc2Cl)noc1C1CC1. The van der Waals surface area contributed by atoms with Crippen molar-refractivity contribution in [2.75, 3.05) is 11.4 Å². The largest absolute Gasteiger partial charge is 0.456 e. The number of ether oxygens (including phenoxy) is 2. The average Bonchev–Trinajstić information content (AvgIpc) is 3.32. The van der Waals surface area contributed by atoms with Gasteiger partial charge in [0.05, 0.1) is 34.0 Å². The van der Waals surface area contributed by atoms with E-state index in [9.17, 15) is 4.79 Å². The summed E-state index contributed by atoms with van der Waals surface area (Å²) in [6.45, 7) is 6.93. The highest BCUT2D eigenvalue weighted by Gasteiger charge is 2.46. The molecule has 3 aromatic rings. The summed E-state index contributed by atoms with van der Waals surface area (Å²) < 4.78 is 18.1. The van der Waals surface area contributed by atoms with E-state index in [0.29, 0.717) is 51.4 Å². The molecule has 1 aromatic heterocycles. The molecule has 2 saturated carbocycles. The van der Waals surface area contributed by atoms with Gasteiger partial charge in [-0.1, -0.05) is 46.6 Å². The minimum absolute atomic E-state index is 0.126. The molecular formula is C30H32Cl2N2O4. The highest BCUT2D eigenvalue weighted by Crippen LogP contribution is 2.47. The standard InChI is InChI=1S/C30H32Cl2N2O4/c1-30(2,3)37-29(35)20-7-4-5-10-24(20)34-15-18-13-19(34)14-25(18)36-16-21-27(33-38-28(21)17-11-12-17)26-22(31)8-6-9-23(26)32/h4-10,17-19,25H,11-16H2,1-3H3/t18-,19-,25+/m0/s1. The van der Waals surface area contributed by atoms with Crippen molar-refractivity contribution in [1.82, 2.24) is 5.16 Å². The molecule has 6 rings (SSSR count). The fraction of sp³-hybridized carbons (Fsp3) is 0.467. The zero-order valence-electron chi connectivity index (χ0n) is 21.9. The van der Waals surface area contributed by atoms with Gasteiger partial charge in [-0.05, 0) is 70.7 Å². The summed E-state index contributed by atoms with van der Waals surface area (Å²) in [6, 6.07) is 13.5. The normalized spacial score (nSPS) is 22.8. The third kappa shape index (κ3) is 4.94. The van der Waals surface area contributed by atoms with Gasteiger partial charge in [-0.2, -0.15) is 0 Å². The lowest BCUT2D eigenvalue weighted by molar-refractivity contribution is 0.00688. The quantitative estimate of drug-likeness (QED) is 0.279. The van der Waals surface area contributed by atoms with Crippen molar-refractivity contribution in [1.29, 1.82) is 0 Å². The van der Waals surface area contributed by atoms with E-state index in [-0.39, 0.29) is 12.1 Å². The summed E-state index contributed by atoms with van der Waals surface area (Å²) in [4.78, 5) is 15.3. The second-order valence-corrected chi connectivity index (χ2v) is 12.5. The Bertz CT molecular complexity index is 1340. The first-order valence-corrected chi connectivity index (χ1v) is 14.1. The van der Waals surface area contributed by atoms with Crippen LogP contribution in [0.15, 0.2) is 47.0 Å². The molecule has 2 aromatic carbocycles. The number of anilines is 1. The van der Waals surface area contributed by atoms with Crippen LogP contribution in [0.5, 0.6) is 0 Å². The third-order valence-corrected chi connectivity index (χ3v) is 8.35. The Morgan fingerprint density at radius 3 is 2.47 bits per heavy atom. The van der Waals surface area contributed by atoms with E-state index in [1.54, 1.807) is 0 Å². The minimum Gasteiger partial charge on any atom is -0.456 e. The molecule has 0 amide bonds. The number of halogens is 2. The Hall–Kier alpha value is -2.54. The van der Waals surface area contributed by atoms with Gasteiger partial charge in [0.15, 0.2) is 0 Å². The molecule has 0 N–H and O–H groups in total. The monoisotopic (exact) mass is 554 g/mol. The molecule has 1 aliphatic heterocycles. The Kier molecular flexibility index (Phi) is 6.69. The van der Waals surface area contributed by atoms with Crippen molar-refractivity contribution in [3.8, 4) is 11.3 Å². The number of aromatic nitrogens is 1. The maximum atomic E-state index is 12.9. The van der Waals surface area contributed by atoms with Crippen molar-refractivity contribution in [3.63, 3.8) is 0 Å². The predicted octanol–water partition coefficient (Wildman–Crippen LogP) is 7.67. The highest BCUT2D eigenvalue weighted by molar-refractivity contribution is 6.39. The van der Waals surface area contributed by atoms with E-state index >= 15 is 0 Å². The number of para-hydroxylation sites is 1. The van der Waals surface area contributed by atoms with E-state index in [0.717, 1.165) is 49.2 Å². The first kappa shape index (κ1) is 25.7.